The standard InChI is InChI=1S/C20H21N3O2S2/c1-3-26-15-6-4-14(5-7-15)10-19(25)22-20-17(11-21)16-8-9-23(13(2)24)12-18(16)27-20/h4-7H,3,8-10,12H2,1-2H3,(H,22,25). The summed E-state index contributed by atoms with van der Waals surface area (Å²) in [5, 5.41) is 13.0. The number of carbonyl (C=O) groups excluding carboxylic acids is 2. The Morgan fingerprint density at radius 3 is 2.70 bits per heavy atom. The van der Waals surface area contributed by atoms with E-state index in [4.69, 9.17) is 0 Å². The molecule has 3 rings (SSSR count). The number of thiophene rings is 1. The van der Waals surface area contributed by atoms with Crippen LogP contribution in [-0.2, 0) is 29.0 Å². The normalized spacial score (nSPS) is 13.0. The summed E-state index contributed by atoms with van der Waals surface area (Å²) >= 11 is 3.17. The second-order valence-corrected chi connectivity index (χ2v) is 8.75. The van der Waals surface area contributed by atoms with E-state index in [-0.39, 0.29) is 18.2 Å². The van der Waals surface area contributed by atoms with Gasteiger partial charge >= 0.3 is 0 Å². The summed E-state index contributed by atoms with van der Waals surface area (Å²) < 4.78 is 0. The highest BCUT2D eigenvalue weighted by molar-refractivity contribution is 7.99. The van der Waals surface area contributed by atoms with Crippen molar-refractivity contribution < 1.29 is 9.59 Å². The van der Waals surface area contributed by atoms with E-state index in [1.165, 1.54) is 16.2 Å². The molecule has 1 N–H and O–H groups in total. The number of nitrogens with one attached hydrogen (secondary N) is 1. The van der Waals surface area contributed by atoms with Crippen molar-refractivity contribution in [2.75, 3.05) is 17.6 Å². The molecule has 0 bridgehead atoms. The number of benzene rings is 1. The molecule has 1 aromatic carbocycles. The monoisotopic (exact) mass is 399 g/mol. The zero-order valence-corrected chi connectivity index (χ0v) is 17.0. The number of thioether (sulfide) groups is 1. The maximum absolute atomic E-state index is 12.5. The molecule has 1 aliphatic rings. The number of fused-ring (bicyclic) bond motifs is 1. The Morgan fingerprint density at radius 1 is 1.33 bits per heavy atom. The van der Waals surface area contributed by atoms with Crippen LogP contribution in [0.5, 0.6) is 0 Å². The molecular weight excluding hydrogens is 378 g/mol. The van der Waals surface area contributed by atoms with Crippen molar-refractivity contribution in [3.63, 3.8) is 0 Å². The molecule has 1 aliphatic heterocycles. The largest absolute Gasteiger partial charge is 0.337 e. The van der Waals surface area contributed by atoms with Crippen LogP contribution in [0.3, 0.4) is 0 Å². The molecule has 0 saturated heterocycles. The van der Waals surface area contributed by atoms with Gasteiger partial charge in [-0.1, -0.05) is 19.1 Å². The number of carbonyl (C=O) groups is 2. The lowest BCUT2D eigenvalue weighted by molar-refractivity contribution is -0.129. The van der Waals surface area contributed by atoms with Crippen LogP contribution in [0.1, 0.15) is 35.4 Å². The molecule has 27 heavy (non-hydrogen) atoms. The van der Waals surface area contributed by atoms with Crippen LogP contribution in [0.2, 0.25) is 0 Å². The fourth-order valence-corrected chi connectivity index (χ4v) is 5.00. The average molecular weight is 400 g/mol. The maximum atomic E-state index is 12.5. The van der Waals surface area contributed by atoms with Crippen molar-refractivity contribution in [3.05, 3.63) is 45.8 Å². The minimum Gasteiger partial charge on any atom is -0.337 e. The Kier molecular flexibility index (Phi) is 6.19. The molecule has 0 fully saturated rings. The third kappa shape index (κ3) is 4.52. The molecule has 0 radical (unpaired) electrons. The van der Waals surface area contributed by atoms with Crippen molar-refractivity contribution in [3.8, 4) is 6.07 Å². The molecule has 140 valence electrons. The summed E-state index contributed by atoms with van der Waals surface area (Å²) in [6.07, 6.45) is 0.921. The van der Waals surface area contributed by atoms with E-state index in [9.17, 15) is 14.9 Å². The first-order valence-electron chi connectivity index (χ1n) is 8.83. The number of amides is 2. The van der Waals surface area contributed by atoms with E-state index in [0.717, 1.165) is 21.8 Å². The van der Waals surface area contributed by atoms with Gasteiger partial charge in [-0.25, -0.2) is 0 Å². The average Bonchev–Trinajstić information content (AvgIpc) is 2.99. The number of nitrogens with zero attached hydrogens (tertiary/aromatic N) is 2. The molecule has 0 aliphatic carbocycles. The van der Waals surface area contributed by atoms with Gasteiger partial charge in [-0.2, -0.15) is 5.26 Å². The van der Waals surface area contributed by atoms with E-state index in [0.29, 0.717) is 30.1 Å². The van der Waals surface area contributed by atoms with Gasteiger partial charge in [-0.05, 0) is 35.4 Å². The van der Waals surface area contributed by atoms with E-state index in [1.54, 1.807) is 23.6 Å². The van der Waals surface area contributed by atoms with Gasteiger partial charge < -0.3 is 10.2 Å². The molecule has 2 aromatic rings. The summed E-state index contributed by atoms with van der Waals surface area (Å²) in [4.78, 5) is 28.0. The van der Waals surface area contributed by atoms with Gasteiger partial charge in [-0.15, -0.1) is 23.1 Å². The predicted molar refractivity (Wildman–Crippen MR) is 109 cm³/mol. The van der Waals surface area contributed by atoms with Crippen LogP contribution in [-0.4, -0.2) is 29.0 Å². The lowest BCUT2D eigenvalue weighted by atomic mass is 10.0. The Hall–Kier alpha value is -2.30. The minimum atomic E-state index is -0.135. The maximum Gasteiger partial charge on any atom is 0.229 e. The fourth-order valence-electron chi connectivity index (χ4n) is 3.11. The SMILES string of the molecule is CCSc1ccc(CC(=O)Nc2sc3c(c2C#N)CCN(C(C)=O)C3)cc1. The van der Waals surface area contributed by atoms with Gasteiger partial charge in [0.25, 0.3) is 0 Å². The summed E-state index contributed by atoms with van der Waals surface area (Å²) in [7, 11) is 0. The zero-order valence-electron chi connectivity index (χ0n) is 15.4. The molecule has 2 heterocycles. The molecule has 0 unspecified atom stereocenters. The van der Waals surface area contributed by atoms with Crippen molar-refractivity contribution in [2.45, 2.75) is 38.1 Å². The fraction of sp³-hybridized carbons (Fsp3) is 0.350. The Labute approximate surface area is 167 Å². The highest BCUT2D eigenvalue weighted by Crippen LogP contribution is 2.36. The van der Waals surface area contributed by atoms with Gasteiger partial charge in [-0.3, -0.25) is 9.59 Å². The van der Waals surface area contributed by atoms with Crippen LogP contribution in [0.25, 0.3) is 0 Å². The first-order valence-corrected chi connectivity index (χ1v) is 10.6. The highest BCUT2D eigenvalue weighted by Gasteiger charge is 2.26. The Bertz CT molecular complexity index is 897. The zero-order chi connectivity index (χ0) is 19.4. The second kappa shape index (κ2) is 8.59. The molecule has 7 heteroatoms. The summed E-state index contributed by atoms with van der Waals surface area (Å²) in [5.74, 6) is 0.910. The number of anilines is 1. The topological polar surface area (TPSA) is 73.2 Å². The van der Waals surface area contributed by atoms with Crippen molar-refractivity contribution >= 4 is 39.9 Å². The van der Waals surface area contributed by atoms with Crippen LogP contribution in [0.4, 0.5) is 5.00 Å². The van der Waals surface area contributed by atoms with Gasteiger partial charge in [0.1, 0.15) is 11.1 Å². The lowest BCUT2D eigenvalue weighted by Gasteiger charge is -2.25. The van der Waals surface area contributed by atoms with Crippen molar-refractivity contribution in [1.29, 1.82) is 5.26 Å². The third-order valence-electron chi connectivity index (χ3n) is 4.47. The van der Waals surface area contributed by atoms with Gasteiger partial charge in [0, 0.05) is 23.2 Å². The van der Waals surface area contributed by atoms with Crippen LogP contribution in [0, 0.1) is 11.3 Å². The highest BCUT2D eigenvalue weighted by atomic mass is 32.2. The first-order chi connectivity index (χ1) is 13.0. The van der Waals surface area contributed by atoms with Crippen LogP contribution < -0.4 is 5.32 Å². The van der Waals surface area contributed by atoms with Crippen LogP contribution >= 0.6 is 23.1 Å². The van der Waals surface area contributed by atoms with E-state index < -0.39 is 0 Å². The molecule has 0 saturated carbocycles. The van der Waals surface area contributed by atoms with Gasteiger partial charge in [0.2, 0.25) is 11.8 Å². The number of nitriles is 1. The third-order valence-corrected chi connectivity index (χ3v) is 6.49. The Morgan fingerprint density at radius 2 is 2.07 bits per heavy atom. The van der Waals surface area contributed by atoms with E-state index in [2.05, 4.69) is 18.3 Å². The Balaban J connectivity index is 1.71. The quantitative estimate of drug-likeness (QED) is 0.776. The molecular formula is C20H21N3O2S2. The van der Waals surface area contributed by atoms with Crippen molar-refractivity contribution in [1.82, 2.24) is 4.90 Å². The molecule has 5 nitrogen and oxygen atoms in total. The number of hydrogen-bond acceptors (Lipinski definition) is 5. The van der Waals surface area contributed by atoms with Gasteiger partial charge in [0.15, 0.2) is 0 Å². The van der Waals surface area contributed by atoms with E-state index in [1.807, 2.05) is 24.3 Å². The van der Waals surface area contributed by atoms with Crippen LogP contribution in [0.15, 0.2) is 29.2 Å². The molecule has 1 aromatic heterocycles. The summed E-state index contributed by atoms with van der Waals surface area (Å²) in [5.41, 5.74) is 2.45. The number of rotatable bonds is 5. The summed E-state index contributed by atoms with van der Waals surface area (Å²) in [6, 6.07) is 10.2. The van der Waals surface area contributed by atoms with E-state index >= 15 is 0 Å². The predicted octanol–water partition coefficient (Wildman–Crippen LogP) is 3.82. The molecule has 2 amide bonds. The van der Waals surface area contributed by atoms with Crippen molar-refractivity contribution in [2.24, 2.45) is 0 Å². The first kappa shape index (κ1) is 19.5. The molecule has 0 atom stereocenters. The number of hydrogen-bond donors (Lipinski definition) is 1. The summed E-state index contributed by atoms with van der Waals surface area (Å²) in [6.45, 7) is 4.78. The second-order valence-electron chi connectivity index (χ2n) is 6.31. The molecule has 0 spiro atoms. The van der Waals surface area contributed by atoms with Gasteiger partial charge in [0.05, 0.1) is 18.5 Å². The lowest BCUT2D eigenvalue weighted by Crippen LogP contribution is -2.33. The minimum absolute atomic E-state index is 0.0304. The smallest absolute Gasteiger partial charge is 0.229 e.